The van der Waals surface area contributed by atoms with E-state index < -0.39 is 72.8 Å². The van der Waals surface area contributed by atoms with Crippen LogP contribution < -0.4 is 0 Å². The normalized spacial score (nSPS) is 13.5. The zero-order chi connectivity index (χ0) is 43.2. The Balaban J connectivity index is 0. The molecule has 0 bridgehead atoms. The summed E-state index contributed by atoms with van der Waals surface area (Å²) < 4.78 is 3.60. The monoisotopic (exact) mass is 806 g/mol. The fourth-order valence-electron chi connectivity index (χ4n) is 4.73. The number of carboxylic acids is 2. The Morgan fingerprint density at radius 1 is 0.537 bits per heavy atom. The van der Waals surface area contributed by atoms with Crippen molar-refractivity contribution in [3.63, 3.8) is 0 Å². The lowest BCUT2D eigenvalue weighted by atomic mass is 9.76. The van der Waals surface area contributed by atoms with E-state index in [9.17, 15) is 19.8 Å². The minimum absolute atomic E-state index is 0.0553. The molecule has 0 saturated heterocycles. The quantitative estimate of drug-likeness (QED) is 0.119. The van der Waals surface area contributed by atoms with Crippen molar-refractivity contribution in [2.24, 2.45) is 5.41 Å². The van der Waals surface area contributed by atoms with E-state index >= 15 is 0 Å². The molecule has 0 aliphatic rings. The maximum atomic E-state index is 11.3. The van der Waals surface area contributed by atoms with Gasteiger partial charge in [-0.1, -0.05) is 119 Å². The van der Waals surface area contributed by atoms with Crippen LogP contribution in [0.4, 0.5) is 0 Å². The molecular formula is C39H68O13P2. The Kier molecular flexibility index (Phi) is 22.6. The first-order chi connectivity index (χ1) is 24.3. The predicted molar refractivity (Wildman–Crippen MR) is 214 cm³/mol. The molecular weight excluding hydrogens is 738 g/mol. The van der Waals surface area contributed by atoms with Gasteiger partial charge in [0, 0.05) is 0 Å². The van der Waals surface area contributed by atoms with E-state index in [1.165, 1.54) is 11.1 Å². The van der Waals surface area contributed by atoms with Gasteiger partial charge in [0.15, 0.2) is 0 Å². The maximum Gasteiger partial charge on any atom is 0.334 e. The first-order valence-electron chi connectivity index (χ1n) is 17.5. The summed E-state index contributed by atoms with van der Waals surface area (Å²) in [6, 6.07) is 12.4. The van der Waals surface area contributed by atoms with Gasteiger partial charge in [0.1, 0.15) is 0 Å². The van der Waals surface area contributed by atoms with Gasteiger partial charge in [-0.25, -0.2) is 4.31 Å². The Labute approximate surface area is 324 Å². The summed E-state index contributed by atoms with van der Waals surface area (Å²) >= 11 is 0. The van der Waals surface area contributed by atoms with Gasteiger partial charge in [0.2, 0.25) is 0 Å². The molecule has 13 nitrogen and oxygen atoms in total. The SMILES string of the molecule is CC(C(=O)O)c1ccc(C(C)(C)C)cc1C(C)(C)C.CC(C(=O)O)c1ccc(C(C)(C)C)cc1C(C)(C)C.OCC(CO)(CO)CO.OP(O)OP(O)O. The molecule has 2 rings (SSSR count). The number of carbonyl (C=O) groups is 2. The van der Waals surface area contributed by atoms with Gasteiger partial charge in [-0.05, 0) is 68.9 Å². The third-order valence-electron chi connectivity index (χ3n) is 8.62. The summed E-state index contributed by atoms with van der Waals surface area (Å²) in [5.74, 6) is -2.48. The number of benzene rings is 2. The number of rotatable bonds is 10. The Bertz CT molecular complexity index is 1310. The highest BCUT2D eigenvalue weighted by molar-refractivity contribution is 7.53. The van der Waals surface area contributed by atoms with E-state index in [0.29, 0.717) is 0 Å². The molecule has 0 heterocycles. The van der Waals surface area contributed by atoms with Gasteiger partial charge in [-0.2, -0.15) is 0 Å². The van der Waals surface area contributed by atoms with Gasteiger partial charge in [-0.3, -0.25) is 9.59 Å². The molecule has 0 saturated carbocycles. The molecule has 0 amide bonds. The summed E-state index contributed by atoms with van der Waals surface area (Å²) in [7, 11) is -5.22. The van der Waals surface area contributed by atoms with Crippen molar-refractivity contribution in [3.05, 3.63) is 69.8 Å². The third-order valence-corrected chi connectivity index (χ3v) is 9.78. The van der Waals surface area contributed by atoms with Crippen LogP contribution in [0, 0.1) is 5.41 Å². The molecule has 0 aliphatic heterocycles. The number of carboxylic acid groups (broad SMARTS) is 2. The average molecular weight is 807 g/mol. The van der Waals surface area contributed by atoms with E-state index in [4.69, 9.17) is 40.0 Å². The van der Waals surface area contributed by atoms with Crippen LogP contribution in [-0.4, -0.2) is 88.6 Å². The number of aliphatic hydroxyl groups excluding tert-OH is 4. The van der Waals surface area contributed by atoms with Crippen LogP contribution in [0.3, 0.4) is 0 Å². The van der Waals surface area contributed by atoms with E-state index in [2.05, 4.69) is 112 Å². The molecule has 10 N–H and O–H groups in total. The van der Waals surface area contributed by atoms with Crippen LogP contribution in [0.2, 0.25) is 0 Å². The molecule has 15 heteroatoms. The van der Waals surface area contributed by atoms with Gasteiger partial charge >= 0.3 is 29.1 Å². The van der Waals surface area contributed by atoms with Crippen LogP contribution in [0.5, 0.6) is 0 Å². The van der Waals surface area contributed by atoms with Crippen molar-refractivity contribution in [1.82, 2.24) is 0 Å². The summed E-state index contributed by atoms with van der Waals surface area (Å²) in [5.41, 5.74) is 5.54. The lowest BCUT2D eigenvalue weighted by Crippen LogP contribution is -2.37. The average Bonchev–Trinajstić information content (AvgIpc) is 3.03. The number of hydrogen-bond donors (Lipinski definition) is 10. The summed E-state index contributed by atoms with van der Waals surface area (Å²) in [6.45, 7) is 27.7. The van der Waals surface area contributed by atoms with Crippen LogP contribution in [0.25, 0.3) is 0 Å². The zero-order valence-corrected chi connectivity index (χ0v) is 36.3. The highest BCUT2D eigenvalue weighted by Crippen LogP contribution is 2.42. The molecule has 54 heavy (non-hydrogen) atoms. The van der Waals surface area contributed by atoms with E-state index in [1.807, 2.05) is 12.1 Å². The highest BCUT2D eigenvalue weighted by atomic mass is 31.2. The zero-order valence-electron chi connectivity index (χ0n) is 34.5. The van der Waals surface area contributed by atoms with Gasteiger partial charge in [-0.15, -0.1) is 0 Å². The van der Waals surface area contributed by atoms with E-state index in [1.54, 1.807) is 13.8 Å². The number of aliphatic carboxylic acids is 2. The second kappa shape index (κ2) is 22.6. The minimum Gasteiger partial charge on any atom is -0.481 e. The molecule has 0 radical (unpaired) electrons. The van der Waals surface area contributed by atoms with Gasteiger partial charge < -0.3 is 50.2 Å². The second-order valence-corrected chi connectivity index (χ2v) is 19.1. The minimum atomic E-state index is -2.61. The van der Waals surface area contributed by atoms with Crippen molar-refractivity contribution in [3.8, 4) is 0 Å². The topological polar surface area (TPSA) is 246 Å². The lowest BCUT2D eigenvalue weighted by Gasteiger charge is -2.28. The van der Waals surface area contributed by atoms with Crippen molar-refractivity contribution in [1.29, 1.82) is 0 Å². The largest absolute Gasteiger partial charge is 0.481 e. The lowest BCUT2D eigenvalue weighted by molar-refractivity contribution is -0.139. The van der Waals surface area contributed by atoms with Crippen LogP contribution >= 0.6 is 17.2 Å². The predicted octanol–water partition coefficient (Wildman–Crippen LogP) is 6.31. The maximum absolute atomic E-state index is 11.3. The Morgan fingerprint density at radius 3 is 0.926 bits per heavy atom. The third kappa shape index (κ3) is 18.7. The van der Waals surface area contributed by atoms with Crippen molar-refractivity contribution >= 4 is 29.1 Å². The van der Waals surface area contributed by atoms with Crippen molar-refractivity contribution in [2.75, 3.05) is 26.4 Å². The van der Waals surface area contributed by atoms with Crippen LogP contribution in [0.1, 0.15) is 142 Å². The van der Waals surface area contributed by atoms with Crippen molar-refractivity contribution in [2.45, 2.75) is 130 Å². The first-order valence-corrected chi connectivity index (χ1v) is 19.8. The van der Waals surface area contributed by atoms with Crippen LogP contribution in [0.15, 0.2) is 36.4 Å². The van der Waals surface area contributed by atoms with Crippen molar-refractivity contribution < 1.29 is 64.1 Å². The molecule has 0 spiro atoms. The molecule has 2 aromatic carbocycles. The molecule has 0 fully saturated rings. The van der Waals surface area contributed by atoms with E-state index in [-0.39, 0.29) is 21.7 Å². The molecule has 0 aromatic heterocycles. The van der Waals surface area contributed by atoms with Gasteiger partial charge in [0.05, 0.1) is 43.7 Å². The Hall–Kier alpha value is -2.12. The Morgan fingerprint density at radius 2 is 0.796 bits per heavy atom. The standard InChI is InChI=1S/2C17H26O2.C5H12O4.H4O5P2/c2*1-11(15(18)19)13-9-8-12(16(2,3)4)10-14(13)17(5,6)7;6-1-5(2-7,3-8)4-9;1-6(2)5-7(3)4/h2*8-11H,1-7H3,(H,18,19);6-9H,1-4H2;1-4H. The fourth-order valence-corrected chi connectivity index (χ4v) is 5.25. The molecule has 2 unspecified atom stereocenters. The first kappa shape index (κ1) is 54.0. The summed E-state index contributed by atoms with van der Waals surface area (Å²) in [5, 5.41) is 52.5. The van der Waals surface area contributed by atoms with Gasteiger partial charge in [0.25, 0.3) is 0 Å². The number of aliphatic hydroxyl groups is 4. The second-order valence-electron chi connectivity index (χ2n) is 17.4. The molecule has 312 valence electrons. The smallest absolute Gasteiger partial charge is 0.334 e. The fraction of sp³-hybridized carbons (Fsp3) is 0.641. The molecule has 0 aliphatic carbocycles. The highest BCUT2D eigenvalue weighted by Gasteiger charge is 2.28. The summed E-state index contributed by atoms with van der Waals surface area (Å²) in [4.78, 5) is 53.8. The summed E-state index contributed by atoms with van der Waals surface area (Å²) in [6.07, 6.45) is 0. The molecule has 2 atom stereocenters. The van der Waals surface area contributed by atoms with Crippen LogP contribution in [-0.2, 0) is 35.6 Å². The number of hydrogen-bond acceptors (Lipinski definition) is 11. The molecule has 2 aromatic rings. The van der Waals surface area contributed by atoms with E-state index in [0.717, 1.165) is 22.3 Å².